The second-order valence-electron chi connectivity index (χ2n) is 0.983. The number of carbonyl (C=O) groups excluding carboxylic acids is 1. The van der Waals surface area contributed by atoms with Crippen molar-refractivity contribution < 1.29 is 4.79 Å². The lowest BCUT2D eigenvalue weighted by Gasteiger charge is -1.80. The number of nitrogens with one attached hydrogen (secondary N) is 2. The highest BCUT2D eigenvalue weighted by Crippen LogP contribution is 1.73. The first-order valence-electron chi connectivity index (χ1n) is 1.61. The quantitative estimate of drug-likeness (QED) is 0.403. The van der Waals surface area contributed by atoms with Crippen molar-refractivity contribution in [3.8, 4) is 0 Å². The zero-order chi connectivity index (χ0) is 5.28. The Morgan fingerprint density at radius 1 is 1.71 bits per heavy atom. The highest BCUT2D eigenvalue weighted by atomic mass is 32.1. The molecule has 0 aromatic heterocycles. The molecule has 0 atom stereocenters. The maximum absolute atomic E-state index is 10.0. The van der Waals surface area contributed by atoms with Crippen LogP contribution in [0.5, 0.6) is 0 Å². The molecule has 37 valence electrons. The van der Waals surface area contributed by atoms with E-state index < -0.39 is 6.03 Å². The van der Waals surface area contributed by atoms with Gasteiger partial charge < -0.3 is 0 Å². The van der Waals surface area contributed by atoms with Crippen molar-refractivity contribution in [3.05, 3.63) is 0 Å². The molecule has 0 aromatic rings. The Morgan fingerprint density at radius 2 is 2.43 bits per heavy atom. The van der Waals surface area contributed by atoms with Crippen molar-refractivity contribution in [2.24, 2.45) is 0 Å². The number of urea groups is 1. The molecule has 4 nitrogen and oxygen atoms in total. The lowest BCUT2D eigenvalue weighted by Crippen LogP contribution is -2.21. The number of amides is 2. The summed E-state index contributed by atoms with van der Waals surface area (Å²) < 4.78 is 0. The van der Waals surface area contributed by atoms with Crippen molar-refractivity contribution in [2.75, 3.05) is 0 Å². The SMILES string of the molecule is O=C1[N]NC(=S)N1. The summed E-state index contributed by atoms with van der Waals surface area (Å²) in [6.45, 7) is 0. The van der Waals surface area contributed by atoms with Crippen molar-refractivity contribution >= 4 is 23.4 Å². The molecule has 0 bridgehead atoms. The van der Waals surface area contributed by atoms with Gasteiger partial charge >= 0.3 is 6.03 Å². The van der Waals surface area contributed by atoms with Crippen LogP contribution in [0.4, 0.5) is 4.79 Å². The maximum Gasteiger partial charge on any atom is 0.364 e. The van der Waals surface area contributed by atoms with Gasteiger partial charge in [-0.25, -0.2) is 10.2 Å². The molecule has 0 unspecified atom stereocenters. The predicted molar refractivity (Wildman–Crippen MR) is 26.4 cm³/mol. The molecule has 5 heteroatoms. The molecule has 1 heterocycles. The van der Waals surface area contributed by atoms with Crippen LogP contribution in [0, 0.1) is 0 Å². The Labute approximate surface area is 45.2 Å². The monoisotopic (exact) mass is 116 g/mol. The van der Waals surface area contributed by atoms with Gasteiger partial charge in [0.2, 0.25) is 0 Å². The molecular formula is C2H2N3OS. The summed E-state index contributed by atoms with van der Waals surface area (Å²) in [6, 6.07) is -0.426. The molecule has 1 saturated heterocycles. The van der Waals surface area contributed by atoms with E-state index in [4.69, 9.17) is 0 Å². The molecule has 2 N–H and O–H groups in total. The van der Waals surface area contributed by atoms with E-state index in [2.05, 4.69) is 28.4 Å². The zero-order valence-corrected chi connectivity index (χ0v) is 4.08. The summed E-state index contributed by atoms with van der Waals surface area (Å²) in [4.78, 5) is 10.0. The van der Waals surface area contributed by atoms with Crippen LogP contribution in [0.2, 0.25) is 0 Å². The minimum atomic E-state index is -0.426. The summed E-state index contributed by atoms with van der Waals surface area (Å²) in [7, 11) is 0. The Kier molecular flexibility index (Phi) is 0.828. The van der Waals surface area contributed by atoms with Crippen molar-refractivity contribution in [3.63, 3.8) is 0 Å². The molecule has 0 aromatic carbocycles. The van der Waals surface area contributed by atoms with Gasteiger partial charge in [0.15, 0.2) is 5.11 Å². The van der Waals surface area contributed by atoms with Crippen LogP contribution >= 0.6 is 12.2 Å². The molecule has 2 amide bonds. The molecule has 0 aliphatic carbocycles. The van der Waals surface area contributed by atoms with E-state index in [1.54, 1.807) is 0 Å². The fourth-order valence-corrected chi connectivity index (χ4v) is 0.388. The number of hydrogen-bond acceptors (Lipinski definition) is 2. The molecule has 1 fully saturated rings. The maximum atomic E-state index is 10.0. The summed E-state index contributed by atoms with van der Waals surface area (Å²) in [5, 5.41) is 2.50. The highest BCUT2D eigenvalue weighted by molar-refractivity contribution is 7.80. The van der Waals surface area contributed by atoms with Crippen LogP contribution in [0.25, 0.3) is 0 Å². The Bertz CT molecular complexity index is 108. The van der Waals surface area contributed by atoms with Gasteiger partial charge in [0.25, 0.3) is 0 Å². The predicted octanol–water partition coefficient (Wildman–Crippen LogP) is -0.897. The smallest absolute Gasteiger partial charge is 0.280 e. The first-order valence-corrected chi connectivity index (χ1v) is 2.01. The van der Waals surface area contributed by atoms with Crippen LogP contribution < -0.4 is 16.2 Å². The summed E-state index contributed by atoms with van der Waals surface area (Å²) in [5.41, 5.74) is 5.44. The summed E-state index contributed by atoms with van der Waals surface area (Å²) >= 11 is 4.46. The average molecular weight is 116 g/mol. The molecule has 1 rings (SSSR count). The third-order valence-electron chi connectivity index (χ3n) is 0.479. The fourth-order valence-electron chi connectivity index (χ4n) is 0.255. The number of hydrogen-bond donors (Lipinski definition) is 2. The topological polar surface area (TPSA) is 55.2 Å². The molecule has 0 saturated carbocycles. The van der Waals surface area contributed by atoms with Crippen LogP contribution in [0.1, 0.15) is 0 Å². The molecule has 0 spiro atoms. The Hall–Kier alpha value is -0.840. The standard InChI is InChI=1S/C2H2N3OS/c6-1-3-2(7)5-4-1/h(H2,3,5,6,7). The van der Waals surface area contributed by atoms with Gasteiger partial charge in [-0.05, 0) is 12.2 Å². The van der Waals surface area contributed by atoms with Crippen LogP contribution in [-0.4, -0.2) is 11.1 Å². The van der Waals surface area contributed by atoms with E-state index in [0.717, 1.165) is 0 Å². The van der Waals surface area contributed by atoms with E-state index in [1.165, 1.54) is 0 Å². The van der Waals surface area contributed by atoms with E-state index in [1.807, 2.05) is 0 Å². The summed E-state index contributed by atoms with van der Waals surface area (Å²) in [5.74, 6) is 0. The van der Waals surface area contributed by atoms with Crippen molar-refractivity contribution in [1.29, 1.82) is 0 Å². The zero-order valence-electron chi connectivity index (χ0n) is 3.26. The van der Waals surface area contributed by atoms with E-state index >= 15 is 0 Å². The second-order valence-corrected chi connectivity index (χ2v) is 1.39. The molecular weight excluding hydrogens is 114 g/mol. The number of rotatable bonds is 0. The lowest BCUT2D eigenvalue weighted by molar-refractivity contribution is 0.247. The minimum Gasteiger partial charge on any atom is -0.280 e. The average Bonchev–Trinajstić information content (AvgIpc) is 1.87. The van der Waals surface area contributed by atoms with Crippen LogP contribution in [0.3, 0.4) is 0 Å². The molecule has 1 radical (unpaired) electrons. The van der Waals surface area contributed by atoms with Crippen molar-refractivity contribution in [1.82, 2.24) is 16.2 Å². The second kappa shape index (κ2) is 1.34. The van der Waals surface area contributed by atoms with Crippen LogP contribution in [0.15, 0.2) is 0 Å². The van der Waals surface area contributed by atoms with E-state index in [-0.39, 0.29) is 5.11 Å². The minimum absolute atomic E-state index is 0.269. The van der Waals surface area contributed by atoms with Gasteiger partial charge in [-0.3, -0.25) is 5.32 Å². The number of carbonyl (C=O) groups is 1. The molecule has 1 aliphatic rings. The van der Waals surface area contributed by atoms with Crippen molar-refractivity contribution in [2.45, 2.75) is 0 Å². The van der Waals surface area contributed by atoms with Gasteiger partial charge in [-0.1, -0.05) is 0 Å². The molecule has 1 aliphatic heterocycles. The van der Waals surface area contributed by atoms with Gasteiger partial charge in [-0.15, -0.1) is 5.43 Å². The van der Waals surface area contributed by atoms with Gasteiger partial charge in [0, 0.05) is 0 Å². The van der Waals surface area contributed by atoms with Gasteiger partial charge in [0.1, 0.15) is 0 Å². The number of thiocarbonyl (C=S) groups is 1. The Balaban J connectivity index is 2.55. The first-order chi connectivity index (χ1) is 3.29. The van der Waals surface area contributed by atoms with Gasteiger partial charge in [-0.2, -0.15) is 0 Å². The highest BCUT2D eigenvalue weighted by Gasteiger charge is 2.12. The lowest BCUT2D eigenvalue weighted by atomic mass is 11.0. The number of nitrogens with zero attached hydrogens (tertiary/aromatic N) is 1. The summed E-state index contributed by atoms with van der Waals surface area (Å²) in [6.07, 6.45) is 0. The normalized spacial score (nSPS) is 17.7. The van der Waals surface area contributed by atoms with Gasteiger partial charge in [0.05, 0.1) is 0 Å². The third kappa shape index (κ3) is 0.774. The first kappa shape index (κ1) is 4.32. The Morgan fingerprint density at radius 3 is 2.57 bits per heavy atom. The third-order valence-corrected chi connectivity index (χ3v) is 0.673. The largest absolute Gasteiger partial charge is 0.364 e. The fraction of sp³-hybridized carbons (Fsp3) is 0. The molecule has 7 heavy (non-hydrogen) atoms. The van der Waals surface area contributed by atoms with E-state index in [0.29, 0.717) is 0 Å². The van der Waals surface area contributed by atoms with Crippen LogP contribution in [-0.2, 0) is 0 Å². The van der Waals surface area contributed by atoms with E-state index in [9.17, 15) is 4.79 Å².